The number of carboxylic acids is 1. The molecule has 0 saturated carbocycles. The van der Waals surface area contributed by atoms with Crippen molar-refractivity contribution in [1.29, 1.82) is 0 Å². The predicted molar refractivity (Wildman–Crippen MR) is 74.7 cm³/mol. The number of carbonyl (C=O) groups is 1. The first-order chi connectivity index (χ1) is 8.33. The standard InChI is InChI=1S/C15H30O3/c1-15(2,3)12-10-8-6-4-5-7-9-11-13(16)14(17)18/h13,16H,4-12H2,1-3H3,(H,17,18). The van der Waals surface area contributed by atoms with E-state index in [0.29, 0.717) is 11.8 Å². The van der Waals surface area contributed by atoms with E-state index < -0.39 is 12.1 Å². The van der Waals surface area contributed by atoms with Crippen LogP contribution in [0.1, 0.15) is 78.6 Å². The first-order valence-electron chi connectivity index (χ1n) is 7.24. The molecule has 0 aliphatic carbocycles. The number of hydrogen-bond donors (Lipinski definition) is 2. The fourth-order valence-corrected chi connectivity index (χ4v) is 2.00. The monoisotopic (exact) mass is 258 g/mol. The van der Waals surface area contributed by atoms with Gasteiger partial charge in [0.1, 0.15) is 0 Å². The third kappa shape index (κ3) is 11.9. The number of unbranched alkanes of at least 4 members (excludes halogenated alkanes) is 6. The van der Waals surface area contributed by atoms with Crippen LogP contribution in [0.3, 0.4) is 0 Å². The number of rotatable bonds is 10. The average molecular weight is 258 g/mol. The highest BCUT2D eigenvalue weighted by Crippen LogP contribution is 2.22. The fraction of sp³-hybridized carbons (Fsp3) is 0.933. The van der Waals surface area contributed by atoms with Crippen LogP contribution in [-0.2, 0) is 4.79 Å². The van der Waals surface area contributed by atoms with Crippen molar-refractivity contribution < 1.29 is 15.0 Å². The minimum Gasteiger partial charge on any atom is -0.479 e. The minimum atomic E-state index is -1.17. The van der Waals surface area contributed by atoms with Crippen LogP contribution in [0, 0.1) is 5.41 Å². The van der Waals surface area contributed by atoms with Crippen LogP contribution in [0.2, 0.25) is 0 Å². The molecule has 18 heavy (non-hydrogen) atoms. The maximum atomic E-state index is 10.4. The largest absolute Gasteiger partial charge is 0.479 e. The molecule has 0 aromatic carbocycles. The van der Waals surface area contributed by atoms with Crippen molar-refractivity contribution in [3.63, 3.8) is 0 Å². The van der Waals surface area contributed by atoms with Crippen molar-refractivity contribution in [1.82, 2.24) is 0 Å². The lowest BCUT2D eigenvalue weighted by molar-refractivity contribution is -0.146. The summed E-state index contributed by atoms with van der Waals surface area (Å²) < 4.78 is 0. The molecule has 1 unspecified atom stereocenters. The van der Waals surface area contributed by atoms with Crippen molar-refractivity contribution in [2.24, 2.45) is 5.41 Å². The Hall–Kier alpha value is -0.570. The van der Waals surface area contributed by atoms with Gasteiger partial charge >= 0.3 is 5.97 Å². The molecule has 108 valence electrons. The second-order valence-corrected chi connectivity index (χ2v) is 6.43. The van der Waals surface area contributed by atoms with E-state index in [1.807, 2.05) is 0 Å². The lowest BCUT2D eigenvalue weighted by Gasteiger charge is -2.17. The van der Waals surface area contributed by atoms with Crippen LogP contribution in [0.25, 0.3) is 0 Å². The SMILES string of the molecule is CC(C)(C)CCCCCCCCCC(O)C(=O)O. The summed E-state index contributed by atoms with van der Waals surface area (Å²) in [5.74, 6) is -1.10. The van der Waals surface area contributed by atoms with Gasteiger partial charge in [-0.2, -0.15) is 0 Å². The van der Waals surface area contributed by atoms with Crippen LogP contribution in [0.5, 0.6) is 0 Å². The molecule has 2 N–H and O–H groups in total. The topological polar surface area (TPSA) is 57.5 Å². The summed E-state index contributed by atoms with van der Waals surface area (Å²) in [5.41, 5.74) is 0.451. The van der Waals surface area contributed by atoms with E-state index in [1.165, 1.54) is 32.1 Å². The van der Waals surface area contributed by atoms with Gasteiger partial charge in [-0.1, -0.05) is 65.7 Å². The van der Waals surface area contributed by atoms with Gasteiger partial charge < -0.3 is 10.2 Å². The predicted octanol–water partition coefficient (Wildman–Crippen LogP) is 3.99. The van der Waals surface area contributed by atoms with E-state index in [2.05, 4.69) is 20.8 Å². The van der Waals surface area contributed by atoms with Gasteiger partial charge in [-0.15, -0.1) is 0 Å². The summed E-state index contributed by atoms with van der Waals surface area (Å²) in [6.45, 7) is 6.84. The molecule has 0 radical (unpaired) electrons. The third-order valence-corrected chi connectivity index (χ3v) is 3.19. The highest BCUT2D eigenvalue weighted by molar-refractivity contribution is 5.71. The second-order valence-electron chi connectivity index (χ2n) is 6.43. The van der Waals surface area contributed by atoms with Crippen LogP contribution >= 0.6 is 0 Å². The molecular formula is C15H30O3. The maximum Gasteiger partial charge on any atom is 0.332 e. The van der Waals surface area contributed by atoms with Crippen LogP contribution in [0.15, 0.2) is 0 Å². The summed E-state index contributed by atoms with van der Waals surface area (Å²) in [7, 11) is 0. The van der Waals surface area contributed by atoms with E-state index in [1.54, 1.807) is 0 Å². The summed E-state index contributed by atoms with van der Waals surface area (Å²) in [5, 5.41) is 17.6. The highest BCUT2D eigenvalue weighted by Gasteiger charge is 2.11. The van der Waals surface area contributed by atoms with Crippen molar-refractivity contribution in [2.75, 3.05) is 0 Å². The number of aliphatic hydroxyl groups is 1. The van der Waals surface area contributed by atoms with Gasteiger partial charge in [-0.05, 0) is 18.3 Å². The smallest absolute Gasteiger partial charge is 0.332 e. The molecule has 0 aliphatic rings. The van der Waals surface area contributed by atoms with Gasteiger partial charge in [0.05, 0.1) is 0 Å². The van der Waals surface area contributed by atoms with Crippen molar-refractivity contribution in [2.45, 2.75) is 84.7 Å². The van der Waals surface area contributed by atoms with E-state index >= 15 is 0 Å². The Bertz CT molecular complexity index is 218. The Balaban J connectivity index is 3.20. The zero-order valence-electron chi connectivity index (χ0n) is 12.2. The minimum absolute atomic E-state index is 0.388. The van der Waals surface area contributed by atoms with E-state index in [9.17, 15) is 4.79 Å². The van der Waals surface area contributed by atoms with E-state index in [0.717, 1.165) is 19.3 Å². The van der Waals surface area contributed by atoms with Gasteiger partial charge in [0.15, 0.2) is 6.10 Å². The second kappa shape index (κ2) is 9.37. The van der Waals surface area contributed by atoms with Crippen molar-refractivity contribution >= 4 is 5.97 Å². The Morgan fingerprint density at radius 2 is 1.39 bits per heavy atom. The van der Waals surface area contributed by atoms with Gasteiger partial charge in [-0.3, -0.25) is 0 Å². The average Bonchev–Trinajstić information content (AvgIpc) is 2.24. The van der Waals surface area contributed by atoms with Gasteiger partial charge in [-0.25, -0.2) is 4.79 Å². The maximum absolute atomic E-state index is 10.4. The summed E-state index contributed by atoms with van der Waals surface area (Å²) in [6.07, 6.45) is 8.62. The quantitative estimate of drug-likeness (QED) is 0.582. The molecule has 0 bridgehead atoms. The van der Waals surface area contributed by atoms with Gasteiger partial charge in [0.25, 0.3) is 0 Å². The molecule has 3 nitrogen and oxygen atoms in total. The molecule has 0 saturated heterocycles. The Morgan fingerprint density at radius 1 is 0.944 bits per heavy atom. The number of hydrogen-bond acceptors (Lipinski definition) is 2. The van der Waals surface area contributed by atoms with Crippen LogP contribution < -0.4 is 0 Å². The molecule has 0 fully saturated rings. The molecule has 0 aromatic rings. The molecule has 0 aliphatic heterocycles. The van der Waals surface area contributed by atoms with Crippen LogP contribution in [0.4, 0.5) is 0 Å². The summed E-state index contributed by atoms with van der Waals surface area (Å²) in [4.78, 5) is 10.4. The molecule has 0 heterocycles. The fourth-order valence-electron chi connectivity index (χ4n) is 2.00. The molecule has 3 heteroatoms. The normalized spacial score (nSPS) is 13.6. The summed E-state index contributed by atoms with van der Waals surface area (Å²) in [6, 6.07) is 0. The molecule has 1 atom stereocenters. The first-order valence-corrected chi connectivity index (χ1v) is 7.24. The zero-order valence-corrected chi connectivity index (χ0v) is 12.2. The first kappa shape index (κ1) is 17.4. The van der Waals surface area contributed by atoms with Gasteiger partial charge in [0.2, 0.25) is 0 Å². The van der Waals surface area contributed by atoms with Crippen molar-refractivity contribution in [3.05, 3.63) is 0 Å². The zero-order chi connectivity index (χ0) is 14.0. The number of aliphatic carboxylic acids is 1. The third-order valence-electron chi connectivity index (χ3n) is 3.19. The Morgan fingerprint density at radius 3 is 1.83 bits per heavy atom. The van der Waals surface area contributed by atoms with E-state index in [4.69, 9.17) is 10.2 Å². The molecule has 0 rings (SSSR count). The molecular weight excluding hydrogens is 228 g/mol. The van der Waals surface area contributed by atoms with Crippen LogP contribution in [-0.4, -0.2) is 22.3 Å². The summed E-state index contributed by atoms with van der Waals surface area (Å²) >= 11 is 0. The van der Waals surface area contributed by atoms with E-state index in [-0.39, 0.29) is 0 Å². The lowest BCUT2D eigenvalue weighted by atomic mass is 9.89. The molecule has 0 aromatic heterocycles. The molecule has 0 amide bonds. The lowest BCUT2D eigenvalue weighted by Crippen LogP contribution is -2.18. The highest BCUT2D eigenvalue weighted by atomic mass is 16.4. The number of aliphatic hydroxyl groups excluding tert-OH is 1. The molecule has 0 spiro atoms. The number of carboxylic acid groups (broad SMARTS) is 1. The Kier molecular flexibility index (Phi) is 9.08. The Labute approximate surface area is 112 Å². The van der Waals surface area contributed by atoms with Crippen molar-refractivity contribution in [3.8, 4) is 0 Å². The van der Waals surface area contributed by atoms with Gasteiger partial charge in [0, 0.05) is 0 Å².